The van der Waals surface area contributed by atoms with E-state index in [0.717, 1.165) is 11.7 Å². The largest absolute Gasteiger partial charge is 0.469 e. The summed E-state index contributed by atoms with van der Waals surface area (Å²) >= 11 is 0. The number of furan rings is 1. The first-order valence-electron chi connectivity index (χ1n) is 6.53. The Labute approximate surface area is 98.4 Å². The summed E-state index contributed by atoms with van der Waals surface area (Å²) in [6.45, 7) is 2.02. The second kappa shape index (κ2) is 5.53. The van der Waals surface area contributed by atoms with Crippen LogP contribution in [0.1, 0.15) is 55.9 Å². The van der Waals surface area contributed by atoms with Gasteiger partial charge in [0.25, 0.3) is 0 Å². The Morgan fingerprint density at radius 2 is 1.94 bits per heavy atom. The number of rotatable bonds is 3. The average molecular weight is 221 g/mol. The molecule has 90 valence electrons. The molecule has 0 bridgehead atoms. The summed E-state index contributed by atoms with van der Waals surface area (Å²) in [4.78, 5) is 0. The van der Waals surface area contributed by atoms with Gasteiger partial charge in [-0.2, -0.15) is 0 Å². The van der Waals surface area contributed by atoms with E-state index in [0.29, 0.717) is 6.04 Å². The van der Waals surface area contributed by atoms with Gasteiger partial charge < -0.3 is 9.73 Å². The van der Waals surface area contributed by atoms with E-state index in [2.05, 4.69) is 18.4 Å². The Morgan fingerprint density at radius 1 is 1.25 bits per heavy atom. The predicted molar refractivity (Wildman–Crippen MR) is 66.4 cm³/mol. The first kappa shape index (κ1) is 11.7. The fourth-order valence-corrected chi connectivity index (χ4v) is 2.95. The van der Waals surface area contributed by atoms with Crippen molar-refractivity contribution in [2.45, 2.75) is 51.5 Å². The Morgan fingerprint density at radius 3 is 2.44 bits per heavy atom. The topological polar surface area (TPSA) is 25.2 Å². The van der Waals surface area contributed by atoms with Gasteiger partial charge in [0, 0.05) is 11.6 Å². The second-order valence-electron chi connectivity index (χ2n) is 5.01. The van der Waals surface area contributed by atoms with E-state index in [-0.39, 0.29) is 0 Å². The summed E-state index contributed by atoms with van der Waals surface area (Å²) in [5, 5.41) is 3.47. The third kappa shape index (κ3) is 2.67. The fourth-order valence-electron chi connectivity index (χ4n) is 2.95. The molecule has 1 aromatic heterocycles. The smallest absolute Gasteiger partial charge is 0.101 e. The van der Waals surface area contributed by atoms with Crippen LogP contribution in [-0.4, -0.2) is 7.05 Å². The maximum atomic E-state index is 5.43. The van der Waals surface area contributed by atoms with Crippen LogP contribution in [0.2, 0.25) is 0 Å². The van der Waals surface area contributed by atoms with Crippen molar-refractivity contribution in [1.29, 1.82) is 0 Å². The van der Waals surface area contributed by atoms with E-state index < -0.39 is 0 Å². The van der Waals surface area contributed by atoms with Crippen molar-refractivity contribution in [1.82, 2.24) is 5.32 Å². The highest BCUT2D eigenvalue weighted by Gasteiger charge is 2.23. The molecule has 1 fully saturated rings. The van der Waals surface area contributed by atoms with Gasteiger partial charge >= 0.3 is 0 Å². The Bertz CT molecular complexity index is 310. The lowest BCUT2D eigenvalue weighted by molar-refractivity contribution is 0.339. The quantitative estimate of drug-likeness (QED) is 0.785. The third-order valence-corrected chi connectivity index (χ3v) is 3.79. The summed E-state index contributed by atoms with van der Waals surface area (Å²) in [6, 6.07) is 2.65. The molecular formula is C14H23NO. The standard InChI is InChI=1S/C14H23NO/c1-11-9-13(10-16-11)14(15-2)12-7-5-3-4-6-8-12/h9-10,12,14-15H,3-8H2,1-2H3. The van der Waals surface area contributed by atoms with Crippen LogP contribution in [0, 0.1) is 12.8 Å². The molecular weight excluding hydrogens is 198 g/mol. The first-order valence-corrected chi connectivity index (χ1v) is 6.53. The number of hydrogen-bond acceptors (Lipinski definition) is 2. The molecule has 2 heteroatoms. The van der Waals surface area contributed by atoms with E-state index in [1.165, 1.54) is 44.1 Å². The van der Waals surface area contributed by atoms with Gasteiger partial charge in [0.15, 0.2) is 0 Å². The van der Waals surface area contributed by atoms with Crippen molar-refractivity contribution >= 4 is 0 Å². The fraction of sp³-hybridized carbons (Fsp3) is 0.714. The third-order valence-electron chi connectivity index (χ3n) is 3.79. The predicted octanol–water partition coefficient (Wildman–Crippen LogP) is 3.82. The highest BCUT2D eigenvalue weighted by atomic mass is 16.3. The average Bonchev–Trinajstić information content (AvgIpc) is 2.55. The summed E-state index contributed by atoms with van der Waals surface area (Å²) < 4.78 is 5.43. The molecule has 1 aromatic rings. The van der Waals surface area contributed by atoms with Gasteiger partial charge in [0.1, 0.15) is 5.76 Å². The zero-order chi connectivity index (χ0) is 11.4. The monoisotopic (exact) mass is 221 g/mol. The van der Waals surface area contributed by atoms with Crippen molar-refractivity contribution in [2.75, 3.05) is 7.05 Å². The van der Waals surface area contributed by atoms with Crippen LogP contribution >= 0.6 is 0 Å². The molecule has 0 aromatic carbocycles. The molecule has 1 unspecified atom stereocenters. The molecule has 0 saturated heterocycles. The van der Waals surface area contributed by atoms with Crippen molar-refractivity contribution in [3.8, 4) is 0 Å². The molecule has 1 N–H and O–H groups in total. The molecule has 0 aliphatic heterocycles. The zero-order valence-electron chi connectivity index (χ0n) is 10.5. The molecule has 2 rings (SSSR count). The number of hydrogen-bond donors (Lipinski definition) is 1. The van der Waals surface area contributed by atoms with Crippen LogP contribution in [0.4, 0.5) is 0 Å². The number of aryl methyl sites for hydroxylation is 1. The number of nitrogens with one attached hydrogen (secondary N) is 1. The lowest BCUT2D eigenvalue weighted by Crippen LogP contribution is -2.24. The molecule has 1 heterocycles. The second-order valence-corrected chi connectivity index (χ2v) is 5.01. The van der Waals surface area contributed by atoms with Gasteiger partial charge in [-0.3, -0.25) is 0 Å². The van der Waals surface area contributed by atoms with Gasteiger partial charge in [-0.25, -0.2) is 0 Å². The van der Waals surface area contributed by atoms with E-state index >= 15 is 0 Å². The van der Waals surface area contributed by atoms with Crippen LogP contribution in [0.25, 0.3) is 0 Å². The molecule has 2 nitrogen and oxygen atoms in total. The summed E-state index contributed by atoms with van der Waals surface area (Å²) in [7, 11) is 2.07. The molecule has 0 radical (unpaired) electrons. The summed E-state index contributed by atoms with van der Waals surface area (Å²) in [6.07, 6.45) is 10.2. The normalized spacial score (nSPS) is 20.6. The molecule has 1 aliphatic rings. The lowest BCUT2D eigenvalue weighted by Gasteiger charge is -2.24. The molecule has 1 atom stereocenters. The van der Waals surface area contributed by atoms with E-state index in [4.69, 9.17) is 4.42 Å². The molecule has 1 saturated carbocycles. The maximum absolute atomic E-state index is 5.43. The van der Waals surface area contributed by atoms with Crippen molar-refractivity contribution in [3.63, 3.8) is 0 Å². The van der Waals surface area contributed by atoms with Crippen LogP contribution in [0.15, 0.2) is 16.7 Å². The summed E-state index contributed by atoms with van der Waals surface area (Å²) in [5.74, 6) is 1.80. The Kier molecular flexibility index (Phi) is 4.05. The van der Waals surface area contributed by atoms with Crippen LogP contribution in [-0.2, 0) is 0 Å². The van der Waals surface area contributed by atoms with E-state index in [1.54, 1.807) is 0 Å². The van der Waals surface area contributed by atoms with Gasteiger partial charge in [-0.15, -0.1) is 0 Å². The molecule has 1 aliphatic carbocycles. The Balaban J connectivity index is 2.08. The van der Waals surface area contributed by atoms with E-state index in [9.17, 15) is 0 Å². The van der Waals surface area contributed by atoms with E-state index in [1.807, 2.05) is 13.2 Å². The SMILES string of the molecule is CNC(c1coc(C)c1)C1CCCCCC1. The van der Waals surface area contributed by atoms with Gasteiger partial charge in [-0.05, 0) is 38.8 Å². The minimum absolute atomic E-state index is 0.482. The van der Waals surface area contributed by atoms with Crippen molar-refractivity contribution in [3.05, 3.63) is 23.7 Å². The Hall–Kier alpha value is -0.760. The van der Waals surface area contributed by atoms with Gasteiger partial charge in [0.2, 0.25) is 0 Å². The lowest BCUT2D eigenvalue weighted by atomic mass is 9.88. The maximum Gasteiger partial charge on any atom is 0.101 e. The highest BCUT2D eigenvalue weighted by molar-refractivity contribution is 5.17. The van der Waals surface area contributed by atoms with Gasteiger partial charge in [0.05, 0.1) is 6.26 Å². The van der Waals surface area contributed by atoms with Crippen LogP contribution in [0.5, 0.6) is 0 Å². The zero-order valence-corrected chi connectivity index (χ0v) is 10.5. The minimum atomic E-state index is 0.482. The summed E-state index contributed by atoms with van der Waals surface area (Å²) in [5.41, 5.74) is 1.33. The van der Waals surface area contributed by atoms with Crippen molar-refractivity contribution in [2.24, 2.45) is 5.92 Å². The molecule has 0 spiro atoms. The first-order chi connectivity index (χ1) is 7.81. The molecule has 16 heavy (non-hydrogen) atoms. The van der Waals surface area contributed by atoms with Crippen molar-refractivity contribution < 1.29 is 4.42 Å². The minimum Gasteiger partial charge on any atom is -0.469 e. The highest BCUT2D eigenvalue weighted by Crippen LogP contribution is 2.33. The van der Waals surface area contributed by atoms with Gasteiger partial charge in [-0.1, -0.05) is 25.7 Å². The van der Waals surface area contributed by atoms with Crippen LogP contribution in [0.3, 0.4) is 0 Å². The molecule has 0 amide bonds. The van der Waals surface area contributed by atoms with Crippen LogP contribution < -0.4 is 5.32 Å².